The highest BCUT2D eigenvalue weighted by Crippen LogP contribution is 2.49. The fourth-order valence-electron chi connectivity index (χ4n) is 4.38. The molecule has 2 aromatic rings. The van der Waals surface area contributed by atoms with Crippen LogP contribution < -0.4 is 9.80 Å². The molecule has 170 valence electrons. The number of nitrogens with zero attached hydrogens (tertiary/aromatic N) is 4. The van der Waals surface area contributed by atoms with E-state index in [2.05, 4.69) is 16.0 Å². The zero-order valence-corrected chi connectivity index (χ0v) is 17.5. The predicted molar refractivity (Wildman–Crippen MR) is 111 cm³/mol. The Morgan fingerprint density at radius 2 is 1.84 bits per heavy atom. The lowest BCUT2D eigenvalue weighted by Gasteiger charge is -2.56. The van der Waals surface area contributed by atoms with Crippen molar-refractivity contribution in [2.24, 2.45) is 5.41 Å². The van der Waals surface area contributed by atoms with E-state index >= 15 is 0 Å². The topological polar surface area (TPSA) is 86.6 Å². The van der Waals surface area contributed by atoms with Crippen LogP contribution in [-0.4, -0.2) is 53.3 Å². The number of benzene rings is 1. The standard InChI is InChI=1S/C20H22N4O.C2HF3O2/c1-23-17-5-3-14(9-15(17)4-6-19(23)25)16-10-21-11-18(22-16)24-12-20(13-24)7-2-8-20;3-2(4,5)1(6)7/h3,5,9-11H,2,4,6-8,12-13H2,1H3;(H,6,7). The Morgan fingerprint density at radius 3 is 2.44 bits per heavy atom. The van der Waals surface area contributed by atoms with Gasteiger partial charge in [0.05, 0.1) is 18.1 Å². The van der Waals surface area contributed by atoms with Crippen LogP contribution in [0.1, 0.15) is 31.2 Å². The van der Waals surface area contributed by atoms with Crippen molar-refractivity contribution in [3.63, 3.8) is 0 Å². The number of carbonyl (C=O) groups excluding carboxylic acids is 1. The van der Waals surface area contributed by atoms with E-state index in [1.54, 1.807) is 4.90 Å². The quantitative estimate of drug-likeness (QED) is 0.755. The third-order valence-electron chi connectivity index (χ3n) is 6.37. The number of carboxylic acids is 1. The average Bonchev–Trinajstić information content (AvgIpc) is 2.68. The molecule has 7 nitrogen and oxygen atoms in total. The van der Waals surface area contributed by atoms with Crippen molar-refractivity contribution in [3.8, 4) is 11.3 Å². The van der Waals surface area contributed by atoms with E-state index in [9.17, 15) is 18.0 Å². The maximum Gasteiger partial charge on any atom is 0.490 e. The fourth-order valence-corrected chi connectivity index (χ4v) is 4.38. The molecule has 3 aliphatic rings. The van der Waals surface area contributed by atoms with E-state index in [0.717, 1.165) is 42.3 Å². The number of alkyl halides is 3. The molecule has 1 saturated heterocycles. The van der Waals surface area contributed by atoms with Crippen molar-refractivity contribution in [1.82, 2.24) is 9.97 Å². The Bertz CT molecular complexity index is 1040. The number of hydrogen-bond donors (Lipinski definition) is 1. The third-order valence-corrected chi connectivity index (χ3v) is 6.37. The fraction of sp³-hybridized carbons (Fsp3) is 0.455. The van der Waals surface area contributed by atoms with Crippen LogP contribution in [0.4, 0.5) is 24.7 Å². The van der Waals surface area contributed by atoms with E-state index in [-0.39, 0.29) is 5.91 Å². The van der Waals surface area contributed by atoms with Crippen molar-refractivity contribution in [2.45, 2.75) is 38.3 Å². The first-order valence-electron chi connectivity index (χ1n) is 10.3. The van der Waals surface area contributed by atoms with E-state index in [0.29, 0.717) is 11.8 Å². The Labute approximate surface area is 182 Å². The van der Waals surface area contributed by atoms with Gasteiger partial charge in [-0.1, -0.05) is 12.5 Å². The van der Waals surface area contributed by atoms with Gasteiger partial charge in [-0.3, -0.25) is 9.78 Å². The van der Waals surface area contributed by atoms with Gasteiger partial charge in [0.25, 0.3) is 0 Å². The number of anilines is 2. The molecule has 0 bridgehead atoms. The highest BCUT2D eigenvalue weighted by Gasteiger charge is 2.47. The number of rotatable bonds is 2. The Morgan fingerprint density at radius 1 is 1.16 bits per heavy atom. The molecule has 32 heavy (non-hydrogen) atoms. The summed E-state index contributed by atoms with van der Waals surface area (Å²) in [6, 6.07) is 6.24. The largest absolute Gasteiger partial charge is 0.490 e. The number of hydrogen-bond acceptors (Lipinski definition) is 5. The summed E-state index contributed by atoms with van der Waals surface area (Å²) in [4.78, 5) is 34.1. The number of aryl methyl sites for hydroxylation is 1. The second kappa shape index (κ2) is 8.07. The molecule has 1 saturated carbocycles. The van der Waals surface area contributed by atoms with E-state index in [1.807, 2.05) is 31.6 Å². The predicted octanol–water partition coefficient (Wildman–Crippen LogP) is 3.68. The van der Waals surface area contributed by atoms with Crippen molar-refractivity contribution in [1.29, 1.82) is 0 Å². The molecule has 0 atom stereocenters. The van der Waals surface area contributed by atoms with Crippen molar-refractivity contribution in [2.75, 3.05) is 29.9 Å². The summed E-state index contributed by atoms with van der Waals surface area (Å²) in [7, 11) is 1.85. The summed E-state index contributed by atoms with van der Waals surface area (Å²) in [5.41, 5.74) is 4.80. The molecule has 2 aliphatic heterocycles. The number of carboxylic acid groups (broad SMARTS) is 1. The molecule has 2 fully saturated rings. The molecule has 0 radical (unpaired) electrons. The molecule has 1 spiro atoms. The normalized spacial score (nSPS) is 18.8. The SMILES string of the molecule is CN1C(=O)CCc2cc(-c3cncc(N4CC5(CCC5)C4)n3)ccc21.O=C(O)C(F)(F)F. The van der Waals surface area contributed by atoms with Crippen LogP contribution in [-0.2, 0) is 16.0 Å². The number of aromatic nitrogens is 2. The van der Waals surface area contributed by atoms with Gasteiger partial charge in [-0.05, 0) is 37.0 Å². The average molecular weight is 448 g/mol. The first-order chi connectivity index (χ1) is 15.1. The van der Waals surface area contributed by atoms with Gasteiger partial charge in [-0.15, -0.1) is 0 Å². The van der Waals surface area contributed by atoms with Gasteiger partial charge in [0.2, 0.25) is 5.91 Å². The maximum atomic E-state index is 11.9. The summed E-state index contributed by atoms with van der Waals surface area (Å²) in [5.74, 6) is -1.59. The zero-order chi connectivity index (χ0) is 23.1. The number of halogens is 3. The van der Waals surface area contributed by atoms with Crippen LogP contribution in [0.15, 0.2) is 30.6 Å². The minimum absolute atomic E-state index is 0.185. The van der Waals surface area contributed by atoms with Gasteiger partial charge >= 0.3 is 12.1 Å². The molecular weight excluding hydrogens is 425 g/mol. The third kappa shape index (κ3) is 4.26. The highest BCUT2D eigenvalue weighted by atomic mass is 19.4. The lowest BCUT2D eigenvalue weighted by molar-refractivity contribution is -0.192. The number of fused-ring (bicyclic) bond motifs is 1. The van der Waals surface area contributed by atoms with Gasteiger partial charge in [-0.2, -0.15) is 13.2 Å². The van der Waals surface area contributed by atoms with Gasteiger partial charge in [0, 0.05) is 43.2 Å². The monoisotopic (exact) mass is 448 g/mol. The smallest absolute Gasteiger partial charge is 0.475 e. The second-order valence-corrected chi connectivity index (χ2v) is 8.57. The molecule has 0 unspecified atom stereocenters. The molecule has 10 heteroatoms. The van der Waals surface area contributed by atoms with Gasteiger partial charge in [0.1, 0.15) is 5.82 Å². The van der Waals surface area contributed by atoms with Crippen LogP contribution in [0.2, 0.25) is 0 Å². The maximum absolute atomic E-state index is 11.9. The molecule has 1 N–H and O–H groups in total. The number of amides is 1. The summed E-state index contributed by atoms with van der Waals surface area (Å²) in [6.45, 7) is 2.25. The van der Waals surface area contributed by atoms with Crippen LogP contribution in [0.25, 0.3) is 11.3 Å². The molecular formula is C22H23F3N4O3. The zero-order valence-electron chi connectivity index (χ0n) is 17.5. The van der Waals surface area contributed by atoms with Gasteiger partial charge < -0.3 is 14.9 Å². The second-order valence-electron chi connectivity index (χ2n) is 8.57. The number of carbonyl (C=O) groups is 2. The van der Waals surface area contributed by atoms with Crippen LogP contribution in [0.5, 0.6) is 0 Å². The van der Waals surface area contributed by atoms with Crippen molar-refractivity contribution < 1.29 is 27.9 Å². The Balaban J connectivity index is 0.000000307. The molecule has 1 amide bonds. The van der Waals surface area contributed by atoms with Gasteiger partial charge in [-0.25, -0.2) is 9.78 Å². The van der Waals surface area contributed by atoms with Crippen molar-refractivity contribution in [3.05, 3.63) is 36.2 Å². The summed E-state index contributed by atoms with van der Waals surface area (Å²) < 4.78 is 31.7. The summed E-state index contributed by atoms with van der Waals surface area (Å²) in [5, 5.41) is 7.12. The summed E-state index contributed by atoms with van der Waals surface area (Å²) >= 11 is 0. The molecule has 3 heterocycles. The Hall–Kier alpha value is -3.17. The first-order valence-corrected chi connectivity index (χ1v) is 10.3. The number of aliphatic carboxylic acids is 1. The minimum atomic E-state index is -5.08. The minimum Gasteiger partial charge on any atom is -0.475 e. The summed E-state index contributed by atoms with van der Waals surface area (Å²) in [6.07, 6.45) is 4.12. The molecule has 1 aliphatic carbocycles. The van der Waals surface area contributed by atoms with Crippen molar-refractivity contribution >= 4 is 23.4 Å². The molecule has 1 aromatic heterocycles. The van der Waals surface area contributed by atoms with Crippen LogP contribution in [0, 0.1) is 5.41 Å². The van der Waals surface area contributed by atoms with E-state index < -0.39 is 12.1 Å². The van der Waals surface area contributed by atoms with E-state index in [1.165, 1.54) is 24.8 Å². The lowest BCUT2D eigenvalue weighted by atomic mass is 9.63. The lowest BCUT2D eigenvalue weighted by Crippen LogP contribution is -2.60. The first kappa shape index (κ1) is 22.0. The van der Waals surface area contributed by atoms with Crippen LogP contribution in [0.3, 0.4) is 0 Å². The van der Waals surface area contributed by atoms with Crippen LogP contribution >= 0.6 is 0 Å². The van der Waals surface area contributed by atoms with Gasteiger partial charge in [0.15, 0.2) is 0 Å². The molecule has 5 rings (SSSR count). The Kier molecular flexibility index (Phi) is 5.56. The van der Waals surface area contributed by atoms with E-state index in [4.69, 9.17) is 14.9 Å². The highest BCUT2D eigenvalue weighted by molar-refractivity contribution is 5.96. The molecule has 1 aromatic carbocycles.